The minimum atomic E-state index is -3.46. The summed E-state index contributed by atoms with van der Waals surface area (Å²) < 4.78 is 30.7. The zero-order valence-electron chi connectivity index (χ0n) is 13.5. The van der Waals surface area contributed by atoms with Crippen LogP contribution in [-0.4, -0.2) is 27.1 Å². The van der Waals surface area contributed by atoms with E-state index in [4.69, 9.17) is 4.74 Å². The molecule has 0 aliphatic rings. The van der Waals surface area contributed by atoms with Crippen LogP contribution in [0.3, 0.4) is 0 Å². The first-order valence-electron chi connectivity index (χ1n) is 7.42. The Bertz CT molecular complexity index is 857. The van der Waals surface area contributed by atoms with Crippen molar-refractivity contribution in [2.45, 2.75) is 6.92 Å². The molecule has 2 aromatic carbocycles. The van der Waals surface area contributed by atoms with E-state index in [1.807, 2.05) is 31.2 Å². The third-order valence-electron chi connectivity index (χ3n) is 3.12. The van der Waals surface area contributed by atoms with Crippen molar-refractivity contribution in [3.8, 4) is 5.75 Å². The molecule has 24 heavy (non-hydrogen) atoms. The van der Waals surface area contributed by atoms with Gasteiger partial charge in [-0.05, 0) is 37.3 Å². The topological polar surface area (TPSA) is 72.5 Å². The summed E-state index contributed by atoms with van der Waals surface area (Å²) >= 11 is 0. The summed E-state index contributed by atoms with van der Waals surface area (Å²) in [7, 11) is -3.46. The van der Waals surface area contributed by atoms with Gasteiger partial charge in [0.05, 0.1) is 18.6 Å². The molecular formula is C18H19NO4S. The van der Waals surface area contributed by atoms with Crippen LogP contribution >= 0.6 is 0 Å². The number of carbonyl (C=O) groups excluding carboxylic acids is 1. The Morgan fingerprint density at radius 3 is 2.50 bits per heavy atom. The highest BCUT2D eigenvalue weighted by atomic mass is 32.2. The Hall–Kier alpha value is -2.60. The maximum Gasteiger partial charge on any atom is 0.229 e. The number of ether oxygens (including phenoxy) is 1. The fourth-order valence-corrected chi connectivity index (χ4v) is 2.72. The van der Waals surface area contributed by atoms with Gasteiger partial charge in [0, 0.05) is 11.1 Å². The number of nitrogens with one attached hydrogen (secondary N) is 1. The van der Waals surface area contributed by atoms with E-state index in [-0.39, 0.29) is 17.0 Å². The van der Waals surface area contributed by atoms with Gasteiger partial charge in [-0.25, -0.2) is 8.42 Å². The van der Waals surface area contributed by atoms with Crippen molar-refractivity contribution in [3.63, 3.8) is 0 Å². The van der Waals surface area contributed by atoms with Crippen LogP contribution in [0.1, 0.15) is 22.8 Å². The molecule has 0 atom stereocenters. The number of ketones is 1. The van der Waals surface area contributed by atoms with Crippen LogP contribution < -0.4 is 9.46 Å². The molecule has 0 amide bonds. The normalized spacial score (nSPS) is 11.4. The van der Waals surface area contributed by atoms with E-state index in [0.29, 0.717) is 12.4 Å². The largest absolute Gasteiger partial charge is 0.493 e. The Kier molecular flexibility index (Phi) is 5.76. The number of allylic oxidation sites excluding steroid dienone is 1. The monoisotopic (exact) mass is 345 g/mol. The smallest absolute Gasteiger partial charge is 0.229 e. The summed E-state index contributed by atoms with van der Waals surface area (Å²) in [5.41, 5.74) is 1.32. The zero-order valence-corrected chi connectivity index (χ0v) is 14.3. The number of para-hydroxylation sites is 2. The zero-order chi connectivity index (χ0) is 17.6. The predicted octanol–water partition coefficient (Wildman–Crippen LogP) is 3.35. The van der Waals surface area contributed by atoms with Crippen LogP contribution in [0.15, 0.2) is 54.6 Å². The molecule has 1 N–H and O–H groups in total. The first-order chi connectivity index (χ1) is 11.4. The van der Waals surface area contributed by atoms with Crippen molar-refractivity contribution in [2.24, 2.45) is 0 Å². The van der Waals surface area contributed by atoms with Gasteiger partial charge in [-0.1, -0.05) is 30.3 Å². The van der Waals surface area contributed by atoms with Crippen LogP contribution in [-0.2, 0) is 10.0 Å². The lowest BCUT2D eigenvalue weighted by atomic mass is 10.1. The summed E-state index contributed by atoms with van der Waals surface area (Å²) in [6.07, 6.45) is 4.10. The average Bonchev–Trinajstić information content (AvgIpc) is 2.53. The molecule has 2 rings (SSSR count). The maximum absolute atomic E-state index is 12.4. The molecule has 0 aliphatic heterocycles. The van der Waals surface area contributed by atoms with Crippen molar-refractivity contribution in [1.29, 1.82) is 0 Å². The summed E-state index contributed by atoms with van der Waals surface area (Å²) in [4.78, 5) is 12.4. The lowest BCUT2D eigenvalue weighted by molar-refractivity contribution is 0.104. The van der Waals surface area contributed by atoms with Crippen molar-refractivity contribution < 1.29 is 17.9 Å². The highest BCUT2D eigenvalue weighted by Gasteiger charge is 2.11. The Morgan fingerprint density at radius 1 is 1.12 bits per heavy atom. The van der Waals surface area contributed by atoms with E-state index in [0.717, 1.165) is 11.8 Å². The van der Waals surface area contributed by atoms with E-state index in [1.54, 1.807) is 30.3 Å². The standard InChI is InChI=1S/C18H19NO4S/c1-3-23-18-11-7-4-8-14(18)12-13-17(20)15-9-5-6-10-16(15)19-24(2,21)22/h4-13,19H,3H2,1-2H3/b13-12-. The molecule has 6 heteroatoms. The molecule has 0 aromatic heterocycles. The third kappa shape index (κ3) is 4.96. The minimum absolute atomic E-state index is 0.257. The highest BCUT2D eigenvalue weighted by Crippen LogP contribution is 2.21. The third-order valence-corrected chi connectivity index (χ3v) is 3.71. The number of hydrogen-bond acceptors (Lipinski definition) is 4. The number of carbonyl (C=O) groups is 1. The minimum Gasteiger partial charge on any atom is -0.493 e. The Balaban J connectivity index is 2.28. The van der Waals surface area contributed by atoms with Crippen molar-refractivity contribution >= 4 is 27.6 Å². The average molecular weight is 345 g/mol. The number of sulfonamides is 1. The molecule has 0 unspecified atom stereocenters. The second-order valence-corrected chi connectivity index (χ2v) is 6.84. The molecular weight excluding hydrogens is 326 g/mol. The Morgan fingerprint density at radius 2 is 1.79 bits per heavy atom. The molecule has 0 aliphatic carbocycles. The van der Waals surface area contributed by atoms with E-state index in [9.17, 15) is 13.2 Å². The predicted molar refractivity (Wildman–Crippen MR) is 95.9 cm³/mol. The molecule has 0 saturated heterocycles. The number of rotatable bonds is 7. The van der Waals surface area contributed by atoms with E-state index in [1.165, 1.54) is 6.08 Å². The summed E-state index contributed by atoms with van der Waals surface area (Å²) in [6, 6.07) is 13.9. The lowest BCUT2D eigenvalue weighted by Gasteiger charge is -2.08. The molecule has 0 saturated carbocycles. The van der Waals surface area contributed by atoms with E-state index < -0.39 is 10.0 Å². The second-order valence-electron chi connectivity index (χ2n) is 5.09. The maximum atomic E-state index is 12.4. The SMILES string of the molecule is CCOc1ccccc1/C=C\C(=O)c1ccccc1NS(C)(=O)=O. The van der Waals surface area contributed by atoms with Crippen molar-refractivity contribution in [2.75, 3.05) is 17.6 Å². The fourth-order valence-electron chi connectivity index (χ4n) is 2.15. The first-order valence-corrected chi connectivity index (χ1v) is 9.31. The second kappa shape index (κ2) is 7.79. The number of hydrogen-bond donors (Lipinski definition) is 1. The van der Waals surface area contributed by atoms with Gasteiger partial charge < -0.3 is 4.74 Å². The van der Waals surface area contributed by atoms with Crippen LogP contribution in [0, 0.1) is 0 Å². The van der Waals surface area contributed by atoms with Gasteiger partial charge >= 0.3 is 0 Å². The van der Waals surface area contributed by atoms with Crippen molar-refractivity contribution in [1.82, 2.24) is 0 Å². The van der Waals surface area contributed by atoms with Crippen LogP contribution in [0.4, 0.5) is 5.69 Å². The Labute approximate surface area is 142 Å². The summed E-state index contributed by atoms with van der Waals surface area (Å²) in [5, 5.41) is 0. The number of anilines is 1. The molecule has 0 bridgehead atoms. The van der Waals surface area contributed by atoms with Gasteiger partial charge in [0.25, 0.3) is 0 Å². The number of benzene rings is 2. The fraction of sp³-hybridized carbons (Fsp3) is 0.167. The van der Waals surface area contributed by atoms with Gasteiger partial charge in [-0.2, -0.15) is 0 Å². The van der Waals surface area contributed by atoms with Gasteiger partial charge in [-0.3, -0.25) is 9.52 Å². The molecule has 2 aromatic rings. The van der Waals surface area contributed by atoms with Crippen molar-refractivity contribution in [3.05, 3.63) is 65.7 Å². The molecule has 5 nitrogen and oxygen atoms in total. The van der Waals surface area contributed by atoms with Crippen LogP contribution in [0.2, 0.25) is 0 Å². The molecule has 126 valence electrons. The highest BCUT2D eigenvalue weighted by molar-refractivity contribution is 7.92. The summed E-state index contributed by atoms with van der Waals surface area (Å²) in [5.74, 6) is 0.389. The lowest BCUT2D eigenvalue weighted by Crippen LogP contribution is -2.12. The summed E-state index contributed by atoms with van der Waals surface area (Å²) in [6.45, 7) is 2.42. The van der Waals surface area contributed by atoms with Gasteiger partial charge in [0.15, 0.2) is 5.78 Å². The molecule has 0 fully saturated rings. The van der Waals surface area contributed by atoms with Crippen LogP contribution in [0.5, 0.6) is 5.75 Å². The molecule has 0 radical (unpaired) electrons. The van der Waals surface area contributed by atoms with Gasteiger partial charge in [-0.15, -0.1) is 0 Å². The van der Waals surface area contributed by atoms with Crippen LogP contribution in [0.25, 0.3) is 6.08 Å². The van der Waals surface area contributed by atoms with Gasteiger partial charge in [0.2, 0.25) is 10.0 Å². The first kappa shape index (κ1) is 17.7. The van der Waals surface area contributed by atoms with E-state index in [2.05, 4.69) is 4.72 Å². The van der Waals surface area contributed by atoms with Gasteiger partial charge in [0.1, 0.15) is 5.75 Å². The molecule has 0 spiro atoms. The quantitative estimate of drug-likeness (QED) is 0.617. The van der Waals surface area contributed by atoms with E-state index >= 15 is 0 Å². The molecule has 0 heterocycles.